The Morgan fingerprint density at radius 1 is 1.38 bits per heavy atom. The van der Waals surface area contributed by atoms with Gasteiger partial charge in [0.25, 0.3) is 0 Å². The highest BCUT2D eigenvalue weighted by atomic mass is 15.0. The van der Waals surface area contributed by atoms with Gasteiger partial charge in [0, 0.05) is 18.9 Å². The van der Waals surface area contributed by atoms with Crippen molar-refractivity contribution in [2.75, 3.05) is 0 Å². The van der Waals surface area contributed by atoms with Crippen LogP contribution in [-0.4, -0.2) is 9.55 Å². The average Bonchev–Trinajstić information content (AvgIpc) is 2.57. The van der Waals surface area contributed by atoms with E-state index < -0.39 is 0 Å². The van der Waals surface area contributed by atoms with Crippen LogP contribution in [0.1, 0.15) is 11.1 Å². The molecule has 2 aromatic rings. The molecule has 0 fully saturated rings. The first-order chi connectivity index (χ1) is 6.34. The number of nitrogens with zero attached hydrogens (tertiary/aromatic N) is 2. The maximum atomic E-state index is 4.00. The van der Waals surface area contributed by atoms with Crippen LogP contribution in [0.3, 0.4) is 0 Å². The summed E-state index contributed by atoms with van der Waals surface area (Å²) < 4.78 is 2.06. The summed E-state index contributed by atoms with van der Waals surface area (Å²) in [6, 6.07) is 8.52. The molecule has 0 unspecified atom stereocenters. The van der Waals surface area contributed by atoms with Gasteiger partial charge in [-0.3, -0.25) is 0 Å². The van der Waals surface area contributed by atoms with Crippen molar-refractivity contribution >= 4 is 0 Å². The molecule has 0 amide bonds. The lowest BCUT2D eigenvalue weighted by Gasteiger charge is -2.02. The first kappa shape index (κ1) is 8.05. The highest BCUT2D eigenvalue weighted by molar-refractivity contribution is 5.22. The Labute approximate surface area is 77.9 Å². The quantitative estimate of drug-likeness (QED) is 0.679. The van der Waals surface area contributed by atoms with E-state index in [9.17, 15) is 0 Å². The molecule has 0 saturated carbocycles. The smallest absolute Gasteiger partial charge is 0.0949 e. The molecule has 0 aliphatic rings. The van der Waals surface area contributed by atoms with Crippen molar-refractivity contribution in [2.24, 2.45) is 0 Å². The van der Waals surface area contributed by atoms with Crippen LogP contribution >= 0.6 is 0 Å². The third kappa shape index (κ3) is 1.96. The fourth-order valence-corrected chi connectivity index (χ4v) is 1.40. The lowest BCUT2D eigenvalue weighted by molar-refractivity contribution is 0.796. The molecule has 0 aliphatic carbocycles. The molecule has 2 nitrogen and oxygen atoms in total. The molecule has 0 radical (unpaired) electrons. The number of aromatic nitrogens is 2. The number of aryl methyl sites for hydroxylation is 1. The van der Waals surface area contributed by atoms with Gasteiger partial charge < -0.3 is 4.57 Å². The summed E-state index contributed by atoms with van der Waals surface area (Å²) in [5.41, 5.74) is 2.62. The van der Waals surface area contributed by atoms with Crippen molar-refractivity contribution in [3.8, 4) is 0 Å². The Morgan fingerprint density at radius 3 is 3.00 bits per heavy atom. The van der Waals surface area contributed by atoms with Crippen molar-refractivity contribution in [3.63, 3.8) is 0 Å². The number of imidazole rings is 1. The zero-order valence-corrected chi connectivity index (χ0v) is 7.64. The molecule has 13 heavy (non-hydrogen) atoms. The molecule has 0 atom stereocenters. The summed E-state index contributed by atoms with van der Waals surface area (Å²) in [4.78, 5) is 4.00. The van der Waals surface area contributed by atoms with Crippen LogP contribution in [0.4, 0.5) is 0 Å². The van der Waals surface area contributed by atoms with E-state index >= 15 is 0 Å². The van der Waals surface area contributed by atoms with Gasteiger partial charge in [-0.2, -0.15) is 0 Å². The SMILES string of the molecule is Cc1cccc(Cn2ccnc2)c1. The Balaban J connectivity index is 2.19. The second kappa shape index (κ2) is 3.44. The summed E-state index contributed by atoms with van der Waals surface area (Å²) in [6.45, 7) is 3.01. The van der Waals surface area contributed by atoms with Crippen LogP contribution in [0, 0.1) is 6.92 Å². The molecular formula is C11H12N2. The first-order valence-corrected chi connectivity index (χ1v) is 4.36. The minimum absolute atomic E-state index is 0.904. The van der Waals surface area contributed by atoms with Gasteiger partial charge in [0.1, 0.15) is 0 Å². The van der Waals surface area contributed by atoms with E-state index in [-0.39, 0.29) is 0 Å². The fraction of sp³-hybridized carbons (Fsp3) is 0.182. The first-order valence-electron chi connectivity index (χ1n) is 4.36. The highest BCUT2D eigenvalue weighted by Crippen LogP contribution is 2.05. The standard InChI is InChI=1S/C11H12N2/c1-10-3-2-4-11(7-10)8-13-6-5-12-9-13/h2-7,9H,8H2,1H3. The predicted octanol–water partition coefficient (Wildman–Crippen LogP) is 2.24. The van der Waals surface area contributed by atoms with E-state index in [4.69, 9.17) is 0 Å². The van der Waals surface area contributed by atoms with Crippen LogP contribution in [-0.2, 0) is 6.54 Å². The van der Waals surface area contributed by atoms with E-state index in [0.29, 0.717) is 0 Å². The maximum absolute atomic E-state index is 4.00. The van der Waals surface area contributed by atoms with E-state index in [2.05, 4.69) is 40.7 Å². The van der Waals surface area contributed by atoms with Gasteiger partial charge in [0.05, 0.1) is 6.33 Å². The summed E-state index contributed by atoms with van der Waals surface area (Å²) in [6.07, 6.45) is 5.61. The minimum Gasteiger partial charge on any atom is -0.333 e. The molecule has 0 N–H and O–H groups in total. The van der Waals surface area contributed by atoms with Gasteiger partial charge in [-0.05, 0) is 12.5 Å². The molecule has 2 rings (SSSR count). The van der Waals surface area contributed by atoms with Gasteiger partial charge in [-0.15, -0.1) is 0 Å². The number of hydrogen-bond donors (Lipinski definition) is 0. The molecule has 0 spiro atoms. The highest BCUT2D eigenvalue weighted by Gasteiger charge is 1.93. The van der Waals surface area contributed by atoms with Gasteiger partial charge >= 0.3 is 0 Å². The second-order valence-corrected chi connectivity index (χ2v) is 3.22. The van der Waals surface area contributed by atoms with Gasteiger partial charge in [0.2, 0.25) is 0 Å². The van der Waals surface area contributed by atoms with Crippen molar-refractivity contribution in [1.82, 2.24) is 9.55 Å². The molecule has 0 bridgehead atoms. The second-order valence-electron chi connectivity index (χ2n) is 3.22. The van der Waals surface area contributed by atoms with Gasteiger partial charge in [-0.25, -0.2) is 4.98 Å². The Morgan fingerprint density at radius 2 is 2.31 bits per heavy atom. The summed E-state index contributed by atoms with van der Waals surface area (Å²) in [7, 11) is 0. The normalized spacial score (nSPS) is 10.2. The Kier molecular flexibility index (Phi) is 2.13. The van der Waals surface area contributed by atoms with Crippen molar-refractivity contribution in [2.45, 2.75) is 13.5 Å². The van der Waals surface area contributed by atoms with E-state index in [0.717, 1.165) is 6.54 Å². The maximum Gasteiger partial charge on any atom is 0.0949 e. The number of rotatable bonds is 2. The topological polar surface area (TPSA) is 17.8 Å². The van der Waals surface area contributed by atoms with Gasteiger partial charge in [0.15, 0.2) is 0 Å². The monoisotopic (exact) mass is 172 g/mol. The van der Waals surface area contributed by atoms with Crippen LogP contribution in [0.2, 0.25) is 0 Å². The molecule has 2 heteroatoms. The molecule has 66 valence electrons. The third-order valence-electron chi connectivity index (χ3n) is 2.01. The van der Waals surface area contributed by atoms with E-state index in [1.54, 1.807) is 6.20 Å². The lowest BCUT2D eigenvalue weighted by atomic mass is 10.1. The van der Waals surface area contributed by atoms with Gasteiger partial charge in [-0.1, -0.05) is 29.8 Å². The van der Waals surface area contributed by atoms with Crippen LogP contribution in [0.5, 0.6) is 0 Å². The zero-order valence-electron chi connectivity index (χ0n) is 7.64. The minimum atomic E-state index is 0.904. The molecule has 1 heterocycles. The van der Waals surface area contributed by atoms with E-state index in [1.165, 1.54) is 11.1 Å². The summed E-state index contributed by atoms with van der Waals surface area (Å²) in [5.74, 6) is 0. The largest absolute Gasteiger partial charge is 0.333 e. The van der Waals surface area contributed by atoms with Crippen LogP contribution < -0.4 is 0 Å². The number of benzene rings is 1. The Hall–Kier alpha value is -1.57. The van der Waals surface area contributed by atoms with Crippen molar-refractivity contribution in [3.05, 3.63) is 54.1 Å². The molecular weight excluding hydrogens is 160 g/mol. The third-order valence-corrected chi connectivity index (χ3v) is 2.01. The van der Waals surface area contributed by atoms with Crippen molar-refractivity contribution < 1.29 is 0 Å². The molecule has 0 saturated heterocycles. The summed E-state index contributed by atoms with van der Waals surface area (Å²) in [5, 5.41) is 0. The predicted molar refractivity (Wildman–Crippen MR) is 52.5 cm³/mol. The molecule has 0 aliphatic heterocycles. The molecule has 1 aromatic heterocycles. The summed E-state index contributed by atoms with van der Waals surface area (Å²) >= 11 is 0. The Bertz CT molecular complexity index is 377. The molecule has 1 aromatic carbocycles. The van der Waals surface area contributed by atoms with Crippen molar-refractivity contribution in [1.29, 1.82) is 0 Å². The number of hydrogen-bond acceptors (Lipinski definition) is 1. The van der Waals surface area contributed by atoms with Crippen LogP contribution in [0.25, 0.3) is 0 Å². The van der Waals surface area contributed by atoms with E-state index in [1.807, 2.05) is 12.5 Å². The zero-order chi connectivity index (χ0) is 9.10. The lowest BCUT2D eigenvalue weighted by Crippen LogP contribution is -1.95. The fourth-order valence-electron chi connectivity index (χ4n) is 1.40. The average molecular weight is 172 g/mol. The van der Waals surface area contributed by atoms with Crippen LogP contribution in [0.15, 0.2) is 43.0 Å².